The average molecular weight is 344 g/mol. The monoisotopic (exact) mass is 344 g/mol. The third-order valence-corrected chi connectivity index (χ3v) is 5.78. The fourth-order valence-corrected chi connectivity index (χ4v) is 4.26. The molecule has 1 aliphatic rings. The third kappa shape index (κ3) is 4.18. The molecule has 1 aliphatic heterocycles. The lowest BCUT2D eigenvalue weighted by Gasteiger charge is -2.29. The summed E-state index contributed by atoms with van der Waals surface area (Å²) in [5, 5.41) is 4.92. The van der Waals surface area contributed by atoms with Crippen molar-refractivity contribution in [3.63, 3.8) is 0 Å². The first kappa shape index (κ1) is 18.3. The molecule has 1 aromatic heterocycles. The van der Waals surface area contributed by atoms with Crippen LogP contribution in [-0.4, -0.2) is 31.9 Å². The van der Waals surface area contributed by atoms with Gasteiger partial charge in [0.1, 0.15) is 5.75 Å². The van der Waals surface area contributed by atoms with Crippen molar-refractivity contribution in [3.05, 3.63) is 29.5 Å². The summed E-state index contributed by atoms with van der Waals surface area (Å²) in [4.78, 5) is 3.35. The first-order valence-electron chi connectivity index (χ1n) is 9.66. The van der Waals surface area contributed by atoms with E-state index < -0.39 is 0 Å². The number of ether oxygens (including phenoxy) is 2. The van der Waals surface area contributed by atoms with Crippen molar-refractivity contribution >= 4 is 10.9 Å². The van der Waals surface area contributed by atoms with Crippen LogP contribution in [0.4, 0.5) is 0 Å². The zero-order chi connectivity index (χ0) is 17.6. The molecule has 4 heteroatoms. The zero-order valence-electron chi connectivity index (χ0n) is 15.9. The molecule has 0 aliphatic carbocycles. The number of benzene rings is 1. The molecule has 138 valence electrons. The highest BCUT2D eigenvalue weighted by Crippen LogP contribution is 2.31. The minimum Gasteiger partial charge on any atom is -0.496 e. The van der Waals surface area contributed by atoms with Crippen molar-refractivity contribution in [2.45, 2.75) is 46.1 Å². The molecule has 0 bridgehead atoms. The SMILES string of the molecule is CCC(CCNCc1c(OC)cc(C)c2[nH]ccc12)C1CCOCC1. The van der Waals surface area contributed by atoms with E-state index in [1.165, 1.54) is 47.7 Å². The number of aromatic amines is 1. The highest BCUT2D eigenvalue weighted by Gasteiger charge is 2.22. The van der Waals surface area contributed by atoms with Crippen LogP contribution < -0.4 is 10.1 Å². The standard InChI is InChI=1S/C21H32N2O2/c1-4-16(17-7-11-25-12-8-17)5-9-22-14-19-18-6-10-23-21(18)15(2)13-20(19)24-3/h6,10,13,16-17,22-23H,4-5,7-9,11-12,14H2,1-3H3. The van der Waals surface area contributed by atoms with Crippen molar-refractivity contribution in [2.75, 3.05) is 26.9 Å². The molecule has 1 fully saturated rings. The molecule has 1 saturated heterocycles. The van der Waals surface area contributed by atoms with Gasteiger partial charge in [0.05, 0.1) is 7.11 Å². The highest BCUT2D eigenvalue weighted by atomic mass is 16.5. The van der Waals surface area contributed by atoms with Crippen LogP contribution in [0.15, 0.2) is 18.3 Å². The number of rotatable bonds is 8. The summed E-state index contributed by atoms with van der Waals surface area (Å²) in [7, 11) is 1.76. The predicted molar refractivity (Wildman–Crippen MR) is 103 cm³/mol. The van der Waals surface area contributed by atoms with Gasteiger partial charge < -0.3 is 19.8 Å². The van der Waals surface area contributed by atoms with Gasteiger partial charge in [-0.3, -0.25) is 0 Å². The second-order valence-corrected chi connectivity index (χ2v) is 7.22. The number of fused-ring (bicyclic) bond motifs is 1. The number of H-pyrrole nitrogens is 1. The van der Waals surface area contributed by atoms with Gasteiger partial charge in [-0.2, -0.15) is 0 Å². The summed E-state index contributed by atoms with van der Waals surface area (Å²) in [6, 6.07) is 4.28. The van der Waals surface area contributed by atoms with Crippen molar-refractivity contribution in [1.82, 2.24) is 10.3 Å². The van der Waals surface area contributed by atoms with Gasteiger partial charge in [0.25, 0.3) is 0 Å². The van der Waals surface area contributed by atoms with Gasteiger partial charge in [-0.05, 0) is 62.3 Å². The normalized spacial score (nSPS) is 17.1. The quantitative estimate of drug-likeness (QED) is 0.697. The minimum atomic E-state index is 0.809. The second kappa shape index (κ2) is 8.72. The molecular formula is C21H32N2O2. The maximum Gasteiger partial charge on any atom is 0.124 e. The summed E-state index contributed by atoms with van der Waals surface area (Å²) in [5.74, 6) is 2.63. The van der Waals surface area contributed by atoms with Gasteiger partial charge in [-0.15, -0.1) is 0 Å². The third-order valence-electron chi connectivity index (χ3n) is 5.78. The van der Waals surface area contributed by atoms with Crippen LogP contribution in [0.25, 0.3) is 10.9 Å². The highest BCUT2D eigenvalue weighted by molar-refractivity contribution is 5.88. The van der Waals surface area contributed by atoms with E-state index in [-0.39, 0.29) is 0 Å². The maximum atomic E-state index is 5.63. The van der Waals surface area contributed by atoms with Crippen LogP contribution >= 0.6 is 0 Å². The smallest absolute Gasteiger partial charge is 0.124 e. The molecule has 2 N–H and O–H groups in total. The Morgan fingerprint density at radius 3 is 2.88 bits per heavy atom. The van der Waals surface area contributed by atoms with E-state index in [9.17, 15) is 0 Å². The Bertz CT molecular complexity index is 674. The Labute approximate surface area is 151 Å². The van der Waals surface area contributed by atoms with Gasteiger partial charge in [0.15, 0.2) is 0 Å². The topological polar surface area (TPSA) is 46.3 Å². The van der Waals surface area contributed by atoms with Crippen LogP contribution in [0.1, 0.15) is 43.7 Å². The van der Waals surface area contributed by atoms with Gasteiger partial charge in [-0.1, -0.05) is 13.3 Å². The lowest BCUT2D eigenvalue weighted by molar-refractivity contribution is 0.0442. The van der Waals surface area contributed by atoms with E-state index in [1.807, 2.05) is 6.20 Å². The first-order valence-corrected chi connectivity index (χ1v) is 9.66. The number of aromatic nitrogens is 1. The molecule has 2 heterocycles. The molecule has 0 radical (unpaired) electrons. The van der Waals surface area contributed by atoms with Crippen molar-refractivity contribution in [1.29, 1.82) is 0 Å². The van der Waals surface area contributed by atoms with E-state index in [1.54, 1.807) is 7.11 Å². The Hall–Kier alpha value is -1.52. The summed E-state index contributed by atoms with van der Waals surface area (Å²) in [5.41, 5.74) is 3.70. The Kier molecular flexibility index (Phi) is 6.38. The second-order valence-electron chi connectivity index (χ2n) is 7.22. The number of aryl methyl sites for hydroxylation is 1. The lowest BCUT2D eigenvalue weighted by atomic mass is 9.82. The first-order chi connectivity index (χ1) is 12.2. The maximum absolute atomic E-state index is 5.63. The zero-order valence-corrected chi connectivity index (χ0v) is 15.9. The van der Waals surface area contributed by atoms with E-state index in [2.05, 4.69) is 36.3 Å². The van der Waals surface area contributed by atoms with Crippen molar-refractivity contribution in [2.24, 2.45) is 11.8 Å². The summed E-state index contributed by atoms with van der Waals surface area (Å²) < 4.78 is 11.1. The van der Waals surface area contributed by atoms with Crippen LogP contribution in [-0.2, 0) is 11.3 Å². The molecule has 0 amide bonds. The molecular weight excluding hydrogens is 312 g/mol. The number of methoxy groups -OCH3 is 1. The summed E-state index contributed by atoms with van der Waals surface area (Å²) in [6.07, 6.45) is 6.98. The van der Waals surface area contributed by atoms with Crippen LogP contribution in [0.2, 0.25) is 0 Å². The van der Waals surface area contributed by atoms with E-state index in [0.717, 1.165) is 43.9 Å². The van der Waals surface area contributed by atoms with Crippen LogP contribution in [0.5, 0.6) is 5.75 Å². The molecule has 1 atom stereocenters. The van der Waals surface area contributed by atoms with Crippen molar-refractivity contribution in [3.8, 4) is 5.75 Å². The largest absolute Gasteiger partial charge is 0.496 e. The van der Waals surface area contributed by atoms with Gasteiger partial charge in [0.2, 0.25) is 0 Å². The average Bonchev–Trinajstić information content (AvgIpc) is 3.14. The van der Waals surface area contributed by atoms with E-state index in [4.69, 9.17) is 9.47 Å². The van der Waals surface area contributed by atoms with E-state index >= 15 is 0 Å². The Morgan fingerprint density at radius 1 is 1.36 bits per heavy atom. The summed E-state index contributed by atoms with van der Waals surface area (Å²) in [6.45, 7) is 8.24. The molecule has 2 aromatic rings. The van der Waals surface area contributed by atoms with Crippen LogP contribution in [0.3, 0.4) is 0 Å². The number of nitrogens with one attached hydrogen (secondary N) is 2. The van der Waals surface area contributed by atoms with Gasteiger partial charge in [0, 0.05) is 42.4 Å². The molecule has 0 spiro atoms. The van der Waals surface area contributed by atoms with E-state index in [0.29, 0.717) is 0 Å². The number of hydrogen-bond acceptors (Lipinski definition) is 3. The minimum absolute atomic E-state index is 0.809. The molecule has 25 heavy (non-hydrogen) atoms. The number of hydrogen-bond donors (Lipinski definition) is 2. The molecule has 0 saturated carbocycles. The van der Waals surface area contributed by atoms with Gasteiger partial charge in [-0.25, -0.2) is 0 Å². The molecule has 1 unspecified atom stereocenters. The van der Waals surface area contributed by atoms with Gasteiger partial charge >= 0.3 is 0 Å². The lowest BCUT2D eigenvalue weighted by Crippen LogP contribution is -2.26. The predicted octanol–water partition coefficient (Wildman–Crippen LogP) is 4.42. The fourth-order valence-electron chi connectivity index (χ4n) is 4.26. The fraction of sp³-hybridized carbons (Fsp3) is 0.619. The van der Waals surface area contributed by atoms with Crippen LogP contribution in [0, 0.1) is 18.8 Å². The Morgan fingerprint density at radius 2 is 2.16 bits per heavy atom. The molecule has 3 rings (SSSR count). The Balaban J connectivity index is 1.59. The van der Waals surface area contributed by atoms with Crippen molar-refractivity contribution < 1.29 is 9.47 Å². The molecule has 4 nitrogen and oxygen atoms in total. The summed E-state index contributed by atoms with van der Waals surface area (Å²) >= 11 is 0. The molecule has 1 aromatic carbocycles.